The molecule has 0 aliphatic carbocycles. The predicted molar refractivity (Wildman–Crippen MR) is 84.4 cm³/mol. The molecule has 0 unspecified atom stereocenters. The number of nitrogens with zero attached hydrogens (tertiary/aromatic N) is 1. The van der Waals surface area contributed by atoms with Crippen molar-refractivity contribution in [2.24, 2.45) is 5.10 Å². The first-order valence-electron chi connectivity index (χ1n) is 6.49. The fraction of sp³-hybridized carbons (Fsp3) is 0. The minimum atomic E-state index is -1.67. The van der Waals surface area contributed by atoms with Crippen LogP contribution in [-0.2, 0) is 14.4 Å². The lowest BCUT2D eigenvalue weighted by Crippen LogP contribution is -2.14. The average molecular weight is 312 g/mol. The van der Waals surface area contributed by atoms with Gasteiger partial charge in [0.1, 0.15) is 0 Å². The van der Waals surface area contributed by atoms with Crippen LogP contribution in [-0.4, -0.2) is 33.6 Å². The van der Waals surface area contributed by atoms with Gasteiger partial charge in [0, 0.05) is 5.39 Å². The summed E-state index contributed by atoms with van der Waals surface area (Å²) in [4.78, 5) is 32.5. The highest BCUT2D eigenvalue weighted by Gasteiger charge is 2.10. The summed E-state index contributed by atoms with van der Waals surface area (Å²) >= 11 is 0. The Hall–Kier alpha value is -3.48. The summed E-state index contributed by atoms with van der Waals surface area (Å²) < 4.78 is 0. The predicted octanol–water partition coefficient (Wildman–Crippen LogP) is 1.90. The number of hydrogen-bond donors (Lipinski definition) is 3. The van der Waals surface area contributed by atoms with Crippen LogP contribution in [0.3, 0.4) is 0 Å². The Morgan fingerprint density at radius 2 is 1.61 bits per heavy atom. The number of benzene rings is 2. The first kappa shape index (κ1) is 15.9. The number of fused-ring (bicyclic) bond motifs is 1. The molecule has 116 valence electrons. The summed E-state index contributed by atoms with van der Waals surface area (Å²) in [6.45, 7) is 0. The maximum absolute atomic E-state index is 11.1. The topological polar surface area (TPSA) is 116 Å². The number of carboxylic acids is 2. The Kier molecular flexibility index (Phi) is 4.83. The molecule has 0 spiro atoms. The van der Waals surface area contributed by atoms with E-state index in [1.54, 1.807) is 12.1 Å². The van der Waals surface area contributed by atoms with E-state index in [2.05, 4.69) is 10.5 Å². The summed E-state index contributed by atoms with van der Waals surface area (Å²) in [7, 11) is 0. The molecule has 0 aliphatic rings. The van der Waals surface area contributed by atoms with Crippen LogP contribution in [0.5, 0.6) is 0 Å². The second-order valence-corrected chi connectivity index (χ2v) is 4.44. The third-order valence-electron chi connectivity index (χ3n) is 2.91. The minimum absolute atomic E-state index is 0.493. The lowest BCUT2D eigenvalue weighted by Gasteiger charge is -2.05. The molecule has 3 N–H and O–H groups in total. The molecule has 0 radical (unpaired) electrons. The van der Waals surface area contributed by atoms with Gasteiger partial charge in [0.05, 0.1) is 5.69 Å². The van der Waals surface area contributed by atoms with Gasteiger partial charge in [-0.05, 0) is 23.6 Å². The fourth-order valence-corrected chi connectivity index (χ4v) is 1.83. The maximum Gasteiger partial charge on any atom is 0.376 e. The van der Waals surface area contributed by atoms with Gasteiger partial charge in [-0.25, -0.2) is 9.59 Å². The lowest BCUT2D eigenvalue weighted by atomic mass is 10.1. The molecule has 0 saturated heterocycles. The number of rotatable bonds is 6. The largest absolute Gasteiger partial charge is 0.476 e. The number of ketones is 1. The fourth-order valence-electron chi connectivity index (χ4n) is 1.83. The molecule has 23 heavy (non-hydrogen) atoms. The Morgan fingerprint density at radius 3 is 2.30 bits per heavy atom. The molecule has 0 amide bonds. The number of nitrogens with one attached hydrogen (secondary N) is 1. The summed E-state index contributed by atoms with van der Waals surface area (Å²) in [6.07, 6.45) is 1.47. The minimum Gasteiger partial charge on any atom is -0.476 e. The van der Waals surface area contributed by atoms with Crippen LogP contribution in [0.4, 0.5) is 5.69 Å². The van der Waals surface area contributed by atoms with Crippen molar-refractivity contribution < 1.29 is 24.6 Å². The quantitative estimate of drug-likeness (QED) is 0.325. The van der Waals surface area contributed by atoms with Gasteiger partial charge in [-0.1, -0.05) is 36.4 Å². The van der Waals surface area contributed by atoms with Gasteiger partial charge in [-0.15, -0.1) is 0 Å². The number of carbonyl (C=O) groups excluding carboxylic acids is 1. The summed E-state index contributed by atoms with van der Waals surface area (Å²) in [5.41, 5.74) is 2.71. The van der Waals surface area contributed by atoms with Crippen LogP contribution >= 0.6 is 0 Å². The summed E-state index contributed by atoms with van der Waals surface area (Å²) in [5.74, 6) is -4.30. The summed E-state index contributed by atoms with van der Waals surface area (Å²) in [6, 6.07) is 12.8. The van der Waals surface area contributed by atoms with Crippen LogP contribution in [0.25, 0.3) is 10.8 Å². The van der Waals surface area contributed by atoms with E-state index in [1.165, 1.54) is 0 Å². The molecule has 7 heteroatoms. The second kappa shape index (κ2) is 6.99. The van der Waals surface area contributed by atoms with Crippen molar-refractivity contribution in [3.05, 3.63) is 54.6 Å². The standard InChI is InChI=1S/C16H12N2O5/c19-14(16(22)23)9-8-13(15(20)21)18-17-12-7-3-5-10-4-1-2-6-11(10)12/h1-9,17H,(H,20,21)(H,22,23). The molecule has 0 saturated carbocycles. The zero-order chi connectivity index (χ0) is 16.8. The molecular formula is C16H12N2O5. The first-order chi connectivity index (χ1) is 11.0. The number of anilines is 1. The van der Waals surface area contributed by atoms with Crippen molar-refractivity contribution in [1.82, 2.24) is 0 Å². The van der Waals surface area contributed by atoms with Gasteiger partial charge in [-0.3, -0.25) is 10.2 Å². The lowest BCUT2D eigenvalue weighted by molar-refractivity contribution is -0.146. The van der Waals surface area contributed by atoms with Gasteiger partial charge in [0.15, 0.2) is 5.71 Å². The molecule has 0 aliphatic heterocycles. The highest BCUT2D eigenvalue weighted by atomic mass is 16.4. The number of carboxylic acid groups (broad SMARTS) is 2. The van der Waals surface area contributed by atoms with Crippen LogP contribution in [0.2, 0.25) is 0 Å². The molecular weight excluding hydrogens is 300 g/mol. The first-order valence-corrected chi connectivity index (χ1v) is 6.49. The van der Waals surface area contributed by atoms with Gasteiger partial charge in [0.25, 0.3) is 5.78 Å². The van der Waals surface area contributed by atoms with E-state index in [-0.39, 0.29) is 0 Å². The van der Waals surface area contributed by atoms with Crippen molar-refractivity contribution >= 4 is 39.9 Å². The third-order valence-corrected chi connectivity index (χ3v) is 2.91. The number of aliphatic carboxylic acids is 2. The average Bonchev–Trinajstić information content (AvgIpc) is 2.54. The van der Waals surface area contributed by atoms with Crippen LogP contribution in [0, 0.1) is 0 Å². The monoisotopic (exact) mass is 312 g/mol. The van der Waals surface area contributed by atoms with E-state index in [0.29, 0.717) is 11.8 Å². The van der Waals surface area contributed by atoms with E-state index in [0.717, 1.165) is 16.8 Å². The zero-order valence-electron chi connectivity index (χ0n) is 11.8. The molecule has 0 heterocycles. The van der Waals surface area contributed by atoms with Crippen LogP contribution in [0.15, 0.2) is 59.7 Å². The van der Waals surface area contributed by atoms with Crippen molar-refractivity contribution in [1.29, 1.82) is 0 Å². The Morgan fingerprint density at radius 1 is 0.913 bits per heavy atom. The second-order valence-electron chi connectivity index (χ2n) is 4.44. The van der Waals surface area contributed by atoms with Gasteiger partial charge < -0.3 is 10.2 Å². The molecule has 0 aromatic heterocycles. The van der Waals surface area contributed by atoms with Gasteiger partial charge in [0.2, 0.25) is 0 Å². The molecule has 2 aromatic rings. The van der Waals surface area contributed by atoms with E-state index >= 15 is 0 Å². The Bertz CT molecular complexity index is 834. The van der Waals surface area contributed by atoms with Crippen molar-refractivity contribution in [3.63, 3.8) is 0 Å². The Balaban J connectivity index is 2.28. The van der Waals surface area contributed by atoms with Crippen LogP contribution in [0.1, 0.15) is 0 Å². The molecule has 0 bridgehead atoms. The third kappa shape index (κ3) is 4.01. The molecule has 0 fully saturated rings. The van der Waals surface area contributed by atoms with Crippen LogP contribution < -0.4 is 5.43 Å². The number of hydrogen-bond acceptors (Lipinski definition) is 5. The van der Waals surface area contributed by atoms with Gasteiger partial charge in [-0.2, -0.15) is 5.10 Å². The SMILES string of the molecule is O=C(O)C(=O)C=CC(=NNc1cccc2ccccc12)C(=O)O. The summed E-state index contributed by atoms with van der Waals surface area (Å²) in [5, 5.41) is 23.0. The number of hydrazone groups is 1. The molecule has 7 nitrogen and oxygen atoms in total. The van der Waals surface area contributed by atoms with Crippen molar-refractivity contribution in [2.75, 3.05) is 5.43 Å². The highest BCUT2D eigenvalue weighted by molar-refractivity contribution is 6.43. The number of carbonyl (C=O) groups is 3. The maximum atomic E-state index is 11.1. The van der Waals surface area contributed by atoms with E-state index in [9.17, 15) is 14.4 Å². The molecule has 2 aromatic carbocycles. The molecule has 0 atom stereocenters. The zero-order valence-corrected chi connectivity index (χ0v) is 11.8. The molecule has 2 rings (SSSR count). The van der Waals surface area contributed by atoms with Gasteiger partial charge >= 0.3 is 11.9 Å². The van der Waals surface area contributed by atoms with Crippen molar-refractivity contribution in [2.45, 2.75) is 0 Å². The highest BCUT2D eigenvalue weighted by Crippen LogP contribution is 2.22. The van der Waals surface area contributed by atoms with Crippen molar-refractivity contribution in [3.8, 4) is 0 Å². The van der Waals surface area contributed by atoms with E-state index in [1.807, 2.05) is 30.3 Å². The van der Waals surface area contributed by atoms with E-state index in [4.69, 9.17) is 10.2 Å². The Labute approximate surface area is 130 Å². The smallest absolute Gasteiger partial charge is 0.376 e. The normalized spacial score (nSPS) is 11.6. The van der Waals surface area contributed by atoms with E-state index < -0.39 is 23.4 Å².